The van der Waals surface area contributed by atoms with E-state index in [1.54, 1.807) is 0 Å². The Labute approximate surface area is 203 Å². The van der Waals surface area contributed by atoms with Gasteiger partial charge in [-0.2, -0.15) is 0 Å². The first-order chi connectivity index (χ1) is 16.3. The molecule has 2 N–H and O–H groups in total. The number of carbonyl (C=O) groups excluding carboxylic acids is 2. The molecule has 6 heteroatoms. The van der Waals surface area contributed by atoms with Gasteiger partial charge in [0, 0.05) is 12.1 Å². The third kappa shape index (κ3) is 7.79. The van der Waals surface area contributed by atoms with Crippen molar-refractivity contribution in [3.63, 3.8) is 0 Å². The van der Waals surface area contributed by atoms with Gasteiger partial charge in [0.25, 0.3) is 11.8 Å². The fraction of sp³-hybridized carbons (Fsp3) is 0.500. The summed E-state index contributed by atoms with van der Waals surface area (Å²) in [6, 6.07) is 15.4. The van der Waals surface area contributed by atoms with E-state index in [1.807, 2.05) is 48.5 Å². The molecule has 0 spiro atoms. The molecular weight excluding hydrogens is 428 g/mol. The molecule has 184 valence electrons. The minimum Gasteiger partial charge on any atom is -0.484 e. The fourth-order valence-electron chi connectivity index (χ4n) is 4.17. The summed E-state index contributed by atoms with van der Waals surface area (Å²) in [6.07, 6.45) is 3.70. The van der Waals surface area contributed by atoms with E-state index in [0.717, 1.165) is 25.7 Å². The van der Waals surface area contributed by atoms with Crippen molar-refractivity contribution in [3.8, 4) is 11.5 Å². The lowest BCUT2D eigenvalue weighted by atomic mass is 9.90. The second kappa shape index (κ2) is 12.4. The molecule has 2 aromatic carbocycles. The Hall–Kier alpha value is -3.02. The minimum absolute atomic E-state index is 0.0479. The van der Waals surface area contributed by atoms with E-state index in [2.05, 4.69) is 38.3 Å². The topological polar surface area (TPSA) is 76.7 Å². The van der Waals surface area contributed by atoms with E-state index < -0.39 is 0 Å². The zero-order valence-electron chi connectivity index (χ0n) is 20.8. The van der Waals surface area contributed by atoms with Crippen LogP contribution >= 0.6 is 0 Å². The molecule has 1 aliphatic carbocycles. The molecule has 0 radical (unpaired) electrons. The second-order valence-corrected chi connectivity index (χ2v) is 9.66. The van der Waals surface area contributed by atoms with E-state index in [-0.39, 0.29) is 37.1 Å². The van der Waals surface area contributed by atoms with Crippen molar-refractivity contribution in [3.05, 3.63) is 59.7 Å². The van der Waals surface area contributed by atoms with E-state index in [9.17, 15) is 9.59 Å². The maximum atomic E-state index is 12.5. The monoisotopic (exact) mass is 466 g/mol. The summed E-state index contributed by atoms with van der Waals surface area (Å²) < 4.78 is 11.3. The highest BCUT2D eigenvalue weighted by Gasteiger charge is 2.28. The summed E-state index contributed by atoms with van der Waals surface area (Å²) >= 11 is 0. The molecule has 6 nitrogen and oxygen atoms in total. The molecular formula is C28H38N2O4. The van der Waals surface area contributed by atoms with Gasteiger partial charge in [-0.15, -0.1) is 0 Å². The molecule has 1 aliphatic rings. The first-order valence-electron chi connectivity index (χ1n) is 12.4. The molecule has 2 aromatic rings. The Morgan fingerprint density at radius 1 is 0.706 bits per heavy atom. The van der Waals surface area contributed by atoms with Gasteiger partial charge in [0.15, 0.2) is 13.2 Å². The van der Waals surface area contributed by atoms with Crippen LogP contribution in [-0.4, -0.2) is 37.1 Å². The molecule has 0 heterocycles. The number of amides is 2. The Bertz CT molecular complexity index is 845. The predicted molar refractivity (Wildman–Crippen MR) is 134 cm³/mol. The molecule has 1 saturated carbocycles. The number of hydrogen-bond donors (Lipinski definition) is 2. The Morgan fingerprint density at radius 3 is 1.38 bits per heavy atom. The molecule has 1 fully saturated rings. The van der Waals surface area contributed by atoms with Gasteiger partial charge < -0.3 is 20.1 Å². The van der Waals surface area contributed by atoms with Crippen LogP contribution in [0.4, 0.5) is 0 Å². The average molecular weight is 467 g/mol. The first kappa shape index (κ1) is 25.6. The maximum Gasteiger partial charge on any atom is 0.258 e. The van der Waals surface area contributed by atoms with Gasteiger partial charge in [-0.05, 0) is 60.1 Å². The van der Waals surface area contributed by atoms with Crippen molar-refractivity contribution in [2.45, 2.75) is 77.3 Å². The van der Waals surface area contributed by atoms with Gasteiger partial charge in [0.1, 0.15) is 11.5 Å². The van der Waals surface area contributed by atoms with E-state index in [1.165, 1.54) is 11.1 Å². The first-order valence-corrected chi connectivity index (χ1v) is 12.4. The number of hydrogen-bond acceptors (Lipinski definition) is 4. The summed E-state index contributed by atoms with van der Waals surface area (Å²) in [5, 5.41) is 6.09. The Balaban J connectivity index is 1.44. The van der Waals surface area contributed by atoms with E-state index >= 15 is 0 Å². The quantitative estimate of drug-likeness (QED) is 0.520. The van der Waals surface area contributed by atoms with E-state index in [0.29, 0.717) is 23.3 Å². The highest BCUT2D eigenvalue weighted by atomic mass is 16.5. The zero-order chi connectivity index (χ0) is 24.5. The van der Waals surface area contributed by atoms with Crippen LogP contribution in [0.5, 0.6) is 11.5 Å². The highest BCUT2D eigenvalue weighted by Crippen LogP contribution is 2.21. The number of carbonyl (C=O) groups is 2. The van der Waals surface area contributed by atoms with Gasteiger partial charge in [0.05, 0.1) is 0 Å². The summed E-state index contributed by atoms with van der Waals surface area (Å²) in [5.41, 5.74) is 2.46. The smallest absolute Gasteiger partial charge is 0.258 e. The molecule has 0 aliphatic heterocycles. The standard InChI is InChI=1S/C28H38N2O4/c1-19(2)21-9-13-23(14-10-21)33-17-27(31)29-25-7-5-6-8-26(25)30-28(32)18-34-24-15-11-22(12-16-24)20(3)4/h9-16,19-20,25-26H,5-8,17-18H2,1-4H3,(H,29,31)(H,30,32)/t25-,26+. The molecule has 0 saturated heterocycles. The SMILES string of the molecule is CC(C)c1ccc(OCC(=O)N[C@H]2CCCC[C@H]2NC(=O)COc2ccc(C(C)C)cc2)cc1. The van der Waals surface area contributed by atoms with Crippen LogP contribution in [0.15, 0.2) is 48.5 Å². The number of nitrogens with one attached hydrogen (secondary N) is 2. The van der Waals surface area contributed by atoms with Crippen LogP contribution in [0.3, 0.4) is 0 Å². The van der Waals surface area contributed by atoms with Gasteiger partial charge in [0.2, 0.25) is 0 Å². The summed E-state index contributed by atoms with van der Waals surface area (Å²) in [7, 11) is 0. The second-order valence-electron chi connectivity index (χ2n) is 9.66. The third-order valence-electron chi connectivity index (χ3n) is 6.29. The van der Waals surface area contributed by atoms with Crippen LogP contribution < -0.4 is 20.1 Å². The largest absolute Gasteiger partial charge is 0.484 e. The summed E-state index contributed by atoms with van der Waals surface area (Å²) in [5.74, 6) is 1.89. The van der Waals surface area contributed by atoms with Crippen molar-refractivity contribution >= 4 is 11.8 Å². The van der Waals surface area contributed by atoms with Gasteiger partial charge in [-0.3, -0.25) is 9.59 Å². The van der Waals surface area contributed by atoms with Gasteiger partial charge >= 0.3 is 0 Å². The lowest BCUT2D eigenvalue weighted by Crippen LogP contribution is -2.54. The zero-order valence-corrected chi connectivity index (χ0v) is 20.8. The third-order valence-corrected chi connectivity index (χ3v) is 6.29. The van der Waals surface area contributed by atoms with E-state index in [4.69, 9.17) is 9.47 Å². The molecule has 0 aromatic heterocycles. The molecule has 2 atom stereocenters. The van der Waals surface area contributed by atoms with Crippen LogP contribution in [0, 0.1) is 0 Å². The van der Waals surface area contributed by atoms with Crippen molar-refractivity contribution in [2.75, 3.05) is 13.2 Å². The van der Waals surface area contributed by atoms with Gasteiger partial charge in [-0.1, -0.05) is 64.8 Å². The number of benzene rings is 2. The molecule has 2 amide bonds. The average Bonchev–Trinajstić information content (AvgIpc) is 2.83. The van der Waals surface area contributed by atoms with Crippen molar-refractivity contribution < 1.29 is 19.1 Å². The number of rotatable bonds is 10. The van der Waals surface area contributed by atoms with Gasteiger partial charge in [-0.25, -0.2) is 0 Å². The summed E-state index contributed by atoms with van der Waals surface area (Å²) in [6.45, 7) is 8.46. The fourth-order valence-corrected chi connectivity index (χ4v) is 4.17. The van der Waals surface area contributed by atoms with Crippen LogP contribution in [0.25, 0.3) is 0 Å². The Kier molecular flexibility index (Phi) is 9.37. The maximum absolute atomic E-state index is 12.5. The summed E-state index contributed by atoms with van der Waals surface area (Å²) in [4.78, 5) is 25.0. The van der Waals surface area contributed by atoms with Crippen LogP contribution in [-0.2, 0) is 9.59 Å². The minimum atomic E-state index is -0.180. The number of ether oxygens (including phenoxy) is 2. The predicted octanol–water partition coefficient (Wildman–Crippen LogP) is 4.93. The van der Waals surface area contributed by atoms with Crippen molar-refractivity contribution in [1.29, 1.82) is 0 Å². The van der Waals surface area contributed by atoms with Crippen molar-refractivity contribution in [1.82, 2.24) is 10.6 Å². The lowest BCUT2D eigenvalue weighted by molar-refractivity contribution is -0.127. The highest BCUT2D eigenvalue weighted by molar-refractivity contribution is 5.79. The Morgan fingerprint density at radius 2 is 1.06 bits per heavy atom. The normalized spacial score (nSPS) is 17.9. The van der Waals surface area contributed by atoms with Crippen LogP contribution in [0.1, 0.15) is 76.3 Å². The lowest BCUT2D eigenvalue weighted by Gasteiger charge is -2.32. The molecule has 0 unspecified atom stereocenters. The molecule has 3 rings (SSSR count). The molecule has 0 bridgehead atoms. The van der Waals surface area contributed by atoms with Crippen LogP contribution in [0.2, 0.25) is 0 Å². The molecule has 34 heavy (non-hydrogen) atoms. The van der Waals surface area contributed by atoms with Crippen molar-refractivity contribution in [2.24, 2.45) is 0 Å².